The Morgan fingerprint density at radius 3 is 2.88 bits per heavy atom. The highest BCUT2D eigenvalue weighted by Gasteiger charge is 2.24. The van der Waals surface area contributed by atoms with Gasteiger partial charge in [0.2, 0.25) is 0 Å². The summed E-state index contributed by atoms with van der Waals surface area (Å²) in [5.41, 5.74) is 1.69. The third-order valence-electron chi connectivity index (χ3n) is 4.18. The second-order valence-corrected chi connectivity index (χ2v) is 6.36. The lowest BCUT2D eigenvalue weighted by Crippen LogP contribution is -2.39. The predicted molar refractivity (Wildman–Crippen MR) is 94.2 cm³/mol. The van der Waals surface area contributed by atoms with Crippen molar-refractivity contribution in [1.82, 2.24) is 10.5 Å². The molecule has 0 aliphatic carbocycles. The minimum absolute atomic E-state index is 0.107. The maximum atomic E-state index is 12.5. The lowest BCUT2D eigenvalue weighted by Gasteiger charge is -2.22. The van der Waals surface area contributed by atoms with Gasteiger partial charge in [-0.15, -0.1) is 0 Å². The van der Waals surface area contributed by atoms with Crippen LogP contribution >= 0.6 is 11.6 Å². The average Bonchev–Trinajstić information content (AvgIpc) is 2.98. The van der Waals surface area contributed by atoms with E-state index in [0.717, 1.165) is 18.4 Å². The number of hydrogen-bond donors (Lipinski definition) is 1. The number of carbonyl (C=O) groups is 1. The van der Waals surface area contributed by atoms with Crippen LogP contribution in [0.25, 0.3) is 11.3 Å². The van der Waals surface area contributed by atoms with Gasteiger partial charge < -0.3 is 19.3 Å². The number of amides is 1. The van der Waals surface area contributed by atoms with Gasteiger partial charge in [-0.2, -0.15) is 0 Å². The van der Waals surface area contributed by atoms with Crippen LogP contribution in [0.2, 0.25) is 5.02 Å². The Morgan fingerprint density at radius 1 is 1.40 bits per heavy atom. The van der Waals surface area contributed by atoms with Gasteiger partial charge in [0, 0.05) is 29.8 Å². The van der Waals surface area contributed by atoms with Gasteiger partial charge in [0.05, 0.1) is 12.2 Å². The number of nitrogens with zero attached hydrogens (tertiary/aromatic N) is 1. The minimum Gasteiger partial charge on any atom is -0.493 e. The first-order valence-electron chi connectivity index (χ1n) is 8.37. The van der Waals surface area contributed by atoms with Gasteiger partial charge in [-0.3, -0.25) is 4.79 Å². The van der Waals surface area contributed by atoms with Crippen molar-refractivity contribution in [3.63, 3.8) is 0 Å². The highest BCUT2D eigenvalue weighted by Crippen LogP contribution is 2.35. The van der Waals surface area contributed by atoms with E-state index in [4.69, 9.17) is 25.6 Å². The molecule has 2 aromatic rings. The Hall–Kier alpha value is -2.05. The van der Waals surface area contributed by atoms with E-state index in [9.17, 15) is 4.79 Å². The molecular formula is C18H21ClN2O4. The van der Waals surface area contributed by atoms with Gasteiger partial charge in [-0.05, 0) is 44.9 Å². The van der Waals surface area contributed by atoms with Gasteiger partial charge >= 0.3 is 0 Å². The van der Waals surface area contributed by atoms with Crippen LogP contribution < -0.4 is 10.1 Å². The second kappa shape index (κ2) is 7.89. The van der Waals surface area contributed by atoms with Crippen molar-refractivity contribution in [2.75, 3.05) is 19.8 Å². The van der Waals surface area contributed by atoms with E-state index in [2.05, 4.69) is 10.5 Å². The van der Waals surface area contributed by atoms with E-state index < -0.39 is 0 Å². The molecule has 1 fully saturated rings. The van der Waals surface area contributed by atoms with Crippen LogP contribution in [0, 0.1) is 6.92 Å². The van der Waals surface area contributed by atoms with Gasteiger partial charge in [0.1, 0.15) is 5.75 Å². The number of aromatic nitrogens is 1. The molecule has 6 nitrogen and oxygen atoms in total. The first kappa shape index (κ1) is 17.8. The highest BCUT2D eigenvalue weighted by atomic mass is 35.5. The lowest BCUT2D eigenvalue weighted by molar-refractivity contribution is 0.0692. The smallest absolute Gasteiger partial charge is 0.273 e. The fourth-order valence-corrected chi connectivity index (χ4v) is 3.02. The van der Waals surface area contributed by atoms with Crippen LogP contribution in [0.15, 0.2) is 22.7 Å². The number of carbonyl (C=O) groups excluding carboxylic acids is 1. The molecule has 1 saturated heterocycles. The van der Waals surface area contributed by atoms with Crippen molar-refractivity contribution in [3.8, 4) is 17.1 Å². The van der Waals surface area contributed by atoms with E-state index in [1.807, 2.05) is 13.8 Å². The third-order valence-corrected chi connectivity index (χ3v) is 4.42. The monoisotopic (exact) mass is 364 g/mol. The molecule has 0 unspecified atom stereocenters. The fourth-order valence-electron chi connectivity index (χ4n) is 2.85. The number of ether oxygens (including phenoxy) is 2. The fraction of sp³-hybridized carbons (Fsp3) is 0.444. The first-order valence-corrected chi connectivity index (χ1v) is 8.75. The van der Waals surface area contributed by atoms with Crippen molar-refractivity contribution in [2.24, 2.45) is 0 Å². The normalized spacial score (nSPS) is 15.2. The van der Waals surface area contributed by atoms with Gasteiger partial charge in [0.25, 0.3) is 5.91 Å². The molecule has 0 radical (unpaired) electrons. The molecule has 1 aliphatic heterocycles. The molecule has 0 saturated carbocycles. The Labute approximate surface area is 151 Å². The van der Waals surface area contributed by atoms with Crippen LogP contribution in [0.5, 0.6) is 5.75 Å². The summed E-state index contributed by atoms with van der Waals surface area (Å²) in [6.07, 6.45) is 1.61. The molecule has 1 aliphatic rings. The van der Waals surface area contributed by atoms with E-state index in [1.165, 1.54) is 0 Å². The summed E-state index contributed by atoms with van der Waals surface area (Å²) >= 11 is 6.04. The molecular weight excluding hydrogens is 344 g/mol. The number of nitrogens with one attached hydrogen (secondary N) is 1. The Bertz CT molecular complexity index is 754. The van der Waals surface area contributed by atoms with E-state index >= 15 is 0 Å². The molecule has 25 heavy (non-hydrogen) atoms. The molecule has 3 rings (SSSR count). The summed E-state index contributed by atoms with van der Waals surface area (Å²) in [6, 6.07) is 5.39. The predicted octanol–water partition coefficient (Wildman–Crippen LogP) is 3.61. The largest absolute Gasteiger partial charge is 0.493 e. The van der Waals surface area contributed by atoms with Crippen LogP contribution in [-0.2, 0) is 4.74 Å². The summed E-state index contributed by atoms with van der Waals surface area (Å²) in [5, 5.41) is 7.54. The van der Waals surface area contributed by atoms with E-state index in [1.54, 1.807) is 18.2 Å². The molecule has 1 amide bonds. The minimum atomic E-state index is -0.230. The summed E-state index contributed by atoms with van der Waals surface area (Å²) in [4.78, 5) is 12.5. The molecule has 1 aromatic carbocycles. The number of halogens is 1. The van der Waals surface area contributed by atoms with Gasteiger partial charge in [-0.1, -0.05) is 16.8 Å². The van der Waals surface area contributed by atoms with Crippen molar-refractivity contribution >= 4 is 17.5 Å². The zero-order valence-electron chi connectivity index (χ0n) is 14.3. The van der Waals surface area contributed by atoms with E-state index in [0.29, 0.717) is 47.6 Å². The highest BCUT2D eigenvalue weighted by molar-refractivity contribution is 6.30. The summed E-state index contributed by atoms with van der Waals surface area (Å²) in [6.45, 7) is 5.53. The number of hydrogen-bond acceptors (Lipinski definition) is 5. The molecule has 7 heteroatoms. The lowest BCUT2D eigenvalue weighted by atomic mass is 10.1. The summed E-state index contributed by atoms with van der Waals surface area (Å²) in [7, 11) is 0. The number of benzene rings is 1. The first-order chi connectivity index (χ1) is 12.1. The van der Waals surface area contributed by atoms with Gasteiger partial charge in [-0.25, -0.2) is 0 Å². The Balaban J connectivity index is 1.84. The number of rotatable bonds is 5. The van der Waals surface area contributed by atoms with Crippen LogP contribution in [0.4, 0.5) is 0 Å². The maximum absolute atomic E-state index is 12.5. The van der Waals surface area contributed by atoms with Crippen molar-refractivity contribution in [1.29, 1.82) is 0 Å². The Morgan fingerprint density at radius 2 is 2.16 bits per heavy atom. The van der Waals surface area contributed by atoms with Crippen LogP contribution in [0.1, 0.15) is 35.8 Å². The molecule has 0 bridgehead atoms. The molecule has 2 heterocycles. The topological polar surface area (TPSA) is 73.6 Å². The zero-order chi connectivity index (χ0) is 17.8. The molecule has 0 atom stereocenters. The van der Waals surface area contributed by atoms with Crippen LogP contribution in [-0.4, -0.2) is 36.9 Å². The van der Waals surface area contributed by atoms with E-state index in [-0.39, 0.29) is 11.9 Å². The Kier molecular flexibility index (Phi) is 5.60. The molecule has 0 spiro atoms. The second-order valence-electron chi connectivity index (χ2n) is 5.92. The molecule has 134 valence electrons. The molecule has 1 aromatic heterocycles. The molecule has 1 N–H and O–H groups in total. The average molecular weight is 365 g/mol. The quantitative estimate of drug-likeness (QED) is 0.877. The van der Waals surface area contributed by atoms with Crippen molar-refractivity contribution in [3.05, 3.63) is 34.5 Å². The van der Waals surface area contributed by atoms with Crippen LogP contribution in [0.3, 0.4) is 0 Å². The summed E-state index contributed by atoms with van der Waals surface area (Å²) < 4.78 is 16.4. The SMILES string of the molecule is CCOc1cc(Cl)ccc1-c1onc(C(=O)NC2CCOCC2)c1C. The van der Waals surface area contributed by atoms with Crippen molar-refractivity contribution < 1.29 is 18.8 Å². The maximum Gasteiger partial charge on any atom is 0.273 e. The third kappa shape index (κ3) is 3.96. The standard InChI is InChI=1S/C18H21ClN2O4/c1-3-24-15-10-12(19)4-5-14(15)17-11(2)16(21-25-17)18(22)20-13-6-8-23-9-7-13/h4-5,10,13H,3,6-9H2,1-2H3,(H,20,22). The zero-order valence-corrected chi connectivity index (χ0v) is 15.1. The van der Waals surface area contributed by atoms with Gasteiger partial charge in [0.15, 0.2) is 11.5 Å². The van der Waals surface area contributed by atoms with Crippen molar-refractivity contribution in [2.45, 2.75) is 32.7 Å². The summed E-state index contributed by atoms with van der Waals surface area (Å²) in [5.74, 6) is 0.884.